The molecule has 1 rings (SSSR count). The maximum absolute atomic E-state index is 11.2. The number of hydrogen-bond donors (Lipinski definition) is 1. The molecule has 0 aromatic heterocycles. The molecule has 0 bridgehead atoms. The number of carbonyl (C=O) groups is 2. The SMILES string of the molecule is C[C@H](OC(=O)COc1ccc(Br)cc1)C(N)=O. The maximum Gasteiger partial charge on any atom is 0.344 e. The van der Waals surface area contributed by atoms with E-state index in [1.165, 1.54) is 6.92 Å². The summed E-state index contributed by atoms with van der Waals surface area (Å²) in [6.45, 7) is 1.14. The van der Waals surface area contributed by atoms with E-state index < -0.39 is 18.0 Å². The van der Waals surface area contributed by atoms with E-state index >= 15 is 0 Å². The Bertz CT molecular complexity index is 404. The number of nitrogens with two attached hydrogens (primary N) is 1. The Balaban J connectivity index is 2.38. The summed E-state index contributed by atoms with van der Waals surface area (Å²) in [5.41, 5.74) is 4.95. The van der Waals surface area contributed by atoms with Gasteiger partial charge in [-0.25, -0.2) is 4.79 Å². The zero-order valence-corrected chi connectivity index (χ0v) is 10.8. The van der Waals surface area contributed by atoms with Gasteiger partial charge in [0, 0.05) is 4.47 Å². The molecule has 0 unspecified atom stereocenters. The van der Waals surface area contributed by atoms with Crippen LogP contribution in [0.15, 0.2) is 28.7 Å². The molecule has 2 N–H and O–H groups in total. The van der Waals surface area contributed by atoms with Crippen LogP contribution in [0.3, 0.4) is 0 Å². The molecule has 1 amide bonds. The van der Waals surface area contributed by atoms with Crippen LogP contribution in [0.1, 0.15) is 6.92 Å². The number of halogens is 1. The van der Waals surface area contributed by atoms with E-state index in [0.29, 0.717) is 5.75 Å². The molecule has 1 atom stereocenters. The van der Waals surface area contributed by atoms with Crippen molar-refractivity contribution < 1.29 is 19.1 Å². The van der Waals surface area contributed by atoms with Crippen LogP contribution in [0, 0.1) is 0 Å². The van der Waals surface area contributed by atoms with Crippen LogP contribution >= 0.6 is 15.9 Å². The summed E-state index contributed by atoms with van der Waals surface area (Å²) in [7, 11) is 0. The van der Waals surface area contributed by atoms with Crippen molar-refractivity contribution in [3.8, 4) is 5.75 Å². The van der Waals surface area contributed by atoms with Gasteiger partial charge in [0.2, 0.25) is 0 Å². The minimum Gasteiger partial charge on any atom is -0.482 e. The number of esters is 1. The van der Waals surface area contributed by atoms with E-state index in [1.807, 2.05) is 0 Å². The minimum atomic E-state index is -0.948. The third-order valence-electron chi connectivity index (χ3n) is 1.88. The molecule has 0 fully saturated rings. The second-order valence-corrected chi connectivity index (χ2v) is 4.19. The topological polar surface area (TPSA) is 78.6 Å². The summed E-state index contributed by atoms with van der Waals surface area (Å²) >= 11 is 3.28. The summed E-state index contributed by atoms with van der Waals surface area (Å²) in [6, 6.07) is 6.98. The summed E-state index contributed by atoms with van der Waals surface area (Å²) in [5.74, 6) is -0.793. The number of ether oxygens (including phenoxy) is 2. The fourth-order valence-corrected chi connectivity index (χ4v) is 1.23. The van der Waals surface area contributed by atoms with Gasteiger partial charge >= 0.3 is 5.97 Å². The van der Waals surface area contributed by atoms with E-state index in [4.69, 9.17) is 15.2 Å². The fourth-order valence-electron chi connectivity index (χ4n) is 0.962. The predicted molar refractivity (Wildman–Crippen MR) is 64.4 cm³/mol. The van der Waals surface area contributed by atoms with Crippen LogP contribution < -0.4 is 10.5 Å². The Morgan fingerprint density at radius 1 is 1.35 bits per heavy atom. The van der Waals surface area contributed by atoms with Crippen molar-refractivity contribution in [1.29, 1.82) is 0 Å². The van der Waals surface area contributed by atoms with Crippen molar-refractivity contribution in [3.63, 3.8) is 0 Å². The zero-order valence-electron chi connectivity index (χ0n) is 9.18. The Hall–Kier alpha value is -1.56. The molecule has 0 saturated carbocycles. The highest BCUT2D eigenvalue weighted by Gasteiger charge is 2.14. The van der Waals surface area contributed by atoms with Gasteiger partial charge in [0.05, 0.1) is 0 Å². The largest absolute Gasteiger partial charge is 0.482 e. The number of primary amides is 1. The van der Waals surface area contributed by atoms with Gasteiger partial charge in [-0.05, 0) is 31.2 Å². The minimum absolute atomic E-state index is 0.265. The second-order valence-electron chi connectivity index (χ2n) is 3.28. The molecule has 0 heterocycles. The molecule has 0 spiro atoms. The lowest BCUT2D eigenvalue weighted by atomic mass is 10.3. The van der Waals surface area contributed by atoms with Gasteiger partial charge < -0.3 is 15.2 Å². The van der Waals surface area contributed by atoms with Gasteiger partial charge in [0.25, 0.3) is 5.91 Å². The molecule has 0 aliphatic heterocycles. The van der Waals surface area contributed by atoms with Crippen molar-refractivity contribution in [1.82, 2.24) is 0 Å². The first-order valence-electron chi connectivity index (χ1n) is 4.86. The molecule has 5 nitrogen and oxygen atoms in total. The molecule has 0 saturated heterocycles. The van der Waals surface area contributed by atoms with E-state index in [-0.39, 0.29) is 6.61 Å². The first kappa shape index (κ1) is 13.5. The van der Waals surface area contributed by atoms with Gasteiger partial charge in [0.1, 0.15) is 5.75 Å². The molecule has 92 valence electrons. The highest BCUT2D eigenvalue weighted by atomic mass is 79.9. The lowest BCUT2D eigenvalue weighted by Crippen LogP contribution is -2.32. The zero-order chi connectivity index (χ0) is 12.8. The maximum atomic E-state index is 11.2. The van der Waals surface area contributed by atoms with Gasteiger partial charge in [-0.3, -0.25) is 4.79 Å². The van der Waals surface area contributed by atoms with Crippen molar-refractivity contribution >= 4 is 27.8 Å². The van der Waals surface area contributed by atoms with E-state index in [0.717, 1.165) is 4.47 Å². The molecular weight excluding hydrogens is 290 g/mol. The third-order valence-corrected chi connectivity index (χ3v) is 2.41. The summed E-state index contributed by atoms with van der Waals surface area (Å²) < 4.78 is 10.8. The van der Waals surface area contributed by atoms with Crippen LogP contribution in [0.25, 0.3) is 0 Å². The quantitative estimate of drug-likeness (QED) is 0.830. The summed E-state index contributed by atoms with van der Waals surface area (Å²) in [5, 5.41) is 0. The van der Waals surface area contributed by atoms with Gasteiger partial charge in [-0.2, -0.15) is 0 Å². The average Bonchev–Trinajstić information content (AvgIpc) is 2.28. The molecule has 6 heteroatoms. The van der Waals surface area contributed by atoms with Crippen LogP contribution in [0.5, 0.6) is 5.75 Å². The summed E-state index contributed by atoms with van der Waals surface area (Å²) in [6.07, 6.45) is -0.948. The van der Waals surface area contributed by atoms with E-state index in [1.54, 1.807) is 24.3 Å². The first-order valence-corrected chi connectivity index (χ1v) is 5.65. The van der Waals surface area contributed by atoms with Crippen molar-refractivity contribution in [2.75, 3.05) is 6.61 Å². The number of rotatable bonds is 5. The normalized spacial score (nSPS) is 11.6. The molecule has 0 aliphatic carbocycles. The van der Waals surface area contributed by atoms with Crippen molar-refractivity contribution in [3.05, 3.63) is 28.7 Å². The highest BCUT2D eigenvalue weighted by molar-refractivity contribution is 9.10. The average molecular weight is 302 g/mol. The lowest BCUT2D eigenvalue weighted by Gasteiger charge is -2.10. The Morgan fingerprint density at radius 2 is 1.94 bits per heavy atom. The number of amides is 1. The fraction of sp³-hybridized carbons (Fsp3) is 0.273. The molecule has 0 radical (unpaired) electrons. The van der Waals surface area contributed by atoms with Crippen LogP contribution in [0.2, 0.25) is 0 Å². The molecular formula is C11H12BrNO4. The Labute approximate surface area is 107 Å². The Kier molecular flexibility index (Phi) is 4.96. The number of hydrogen-bond acceptors (Lipinski definition) is 4. The van der Waals surface area contributed by atoms with Crippen LogP contribution in [0.4, 0.5) is 0 Å². The van der Waals surface area contributed by atoms with E-state index in [2.05, 4.69) is 15.9 Å². The van der Waals surface area contributed by atoms with Gasteiger partial charge in [0.15, 0.2) is 12.7 Å². The molecule has 1 aromatic rings. The first-order chi connectivity index (χ1) is 7.99. The van der Waals surface area contributed by atoms with Crippen molar-refractivity contribution in [2.45, 2.75) is 13.0 Å². The smallest absolute Gasteiger partial charge is 0.344 e. The summed E-state index contributed by atoms with van der Waals surface area (Å²) in [4.78, 5) is 21.9. The molecule has 17 heavy (non-hydrogen) atoms. The highest BCUT2D eigenvalue weighted by Crippen LogP contribution is 2.15. The predicted octanol–water partition coefficient (Wildman–Crippen LogP) is 1.24. The number of benzene rings is 1. The van der Waals surface area contributed by atoms with Crippen LogP contribution in [-0.2, 0) is 14.3 Å². The second kappa shape index (κ2) is 6.24. The van der Waals surface area contributed by atoms with Crippen LogP contribution in [-0.4, -0.2) is 24.6 Å². The third kappa shape index (κ3) is 4.86. The van der Waals surface area contributed by atoms with Crippen molar-refractivity contribution in [2.24, 2.45) is 5.73 Å². The van der Waals surface area contributed by atoms with Gasteiger partial charge in [-0.15, -0.1) is 0 Å². The van der Waals surface area contributed by atoms with E-state index in [9.17, 15) is 9.59 Å². The number of carbonyl (C=O) groups excluding carboxylic acids is 2. The molecule has 1 aromatic carbocycles. The molecule has 0 aliphatic rings. The lowest BCUT2D eigenvalue weighted by molar-refractivity contribution is -0.155. The Morgan fingerprint density at radius 3 is 2.47 bits per heavy atom. The van der Waals surface area contributed by atoms with Gasteiger partial charge in [-0.1, -0.05) is 15.9 Å². The monoisotopic (exact) mass is 301 g/mol. The standard InChI is InChI=1S/C11H12BrNO4/c1-7(11(13)15)17-10(14)6-16-9-4-2-8(12)3-5-9/h2-5,7H,6H2,1H3,(H2,13,15)/t7-/m0/s1.